The third-order valence-electron chi connectivity index (χ3n) is 10.2. The van der Waals surface area contributed by atoms with Crippen LogP contribution in [0.2, 0.25) is 0 Å². The van der Waals surface area contributed by atoms with Crippen LogP contribution >= 0.6 is 0 Å². The molecular formula is C33H37NO2. The van der Waals surface area contributed by atoms with E-state index < -0.39 is 0 Å². The minimum Gasteiger partial charge on any atom is -0.300 e. The lowest BCUT2D eigenvalue weighted by Crippen LogP contribution is -2.45. The van der Waals surface area contributed by atoms with Crippen LogP contribution in [0.5, 0.6) is 0 Å². The maximum Gasteiger partial charge on any atom is 0.156 e. The first kappa shape index (κ1) is 23.6. The summed E-state index contributed by atoms with van der Waals surface area (Å²) in [5.41, 5.74) is 8.08. The average molecular weight is 480 g/mol. The normalized spacial score (nSPS) is 33.5. The van der Waals surface area contributed by atoms with Crippen LogP contribution in [-0.4, -0.2) is 16.6 Å². The highest BCUT2D eigenvalue weighted by Gasteiger charge is 2.60. The summed E-state index contributed by atoms with van der Waals surface area (Å²) in [6.45, 7) is 6.54. The van der Waals surface area contributed by atoms with Crippen LogP contribution in [0.15, 0.2) is 71.6 Å². The predicted molar refractivity (Wildman–Crippen MR) is 143 cm³/mol. The molecule has 0 bridgehead atoms. The van der Waals surface area contributed by atoms with E-state index in [0.29, 0.717) is 35.9 Å². The Hall–Kier alpha value is -2.81. The van der Waals surface area contributed by atoms with Crippen molar-refractivity contribution in [1.82, 2.24) is 4.98 Å². The van der Waals surface area contributed by atoms with Gasteiger partial charge in [-0.2, -0.15) is 0 Å². The molecule has 3 heteroatoms. The number of hydrogen-bond acceptors (Lipinski definition) is 3. The first-order chi connectivity index (χ1) is 17.4. The minimum absolute atomic E-state index is 0.0274. The predicted octanol–water partition coefficient (Wildman–Crippen LogP) is 7.49. The molecule has 0 radical (unpaired) electrons. The van der Waals surface area contributed by atoms with Crippen LogP contribution < -0.4 is 0 Å². The largest absolute Gasteiger partial charge is 0.300 e. The van der Waals surface area contributed by atoms with E-state index in [2.05, 4.69) is 49.2 Å². The fraction of sp³-hybridized carbons (Fsp3) is 0.485. The van der Waals surface area contributed by atoms with Gasteiger partial charge in [-0.25, -0.2) is 0 Å². The van der Waals surface area contributed by atoms with Crippen molar-refractivity contribution < 1.29 is 9.59 Å². The zero-order valence-electron chi connectivity index (χ0n) is 21.8. The number of carbonyl (C=O) groups excluding carboxylic acids is 2. The van der Waals surface area contributed by atoms with Gasteiger partial charge in [-0.1, -0.05) is 56.2 Å². The van der Waals surface area contributed by atoms with Gasteiger partial charge in [0.25, 0.3) is 0 Å². The highest BCUT2D eigenvalue weighted by Crippen LogP contribution is 2.67. The van der Waals surface area contributed by atoms with Crippen LogP contribution in [0.1, 0.15) is 77.2 Å². The van der Waals surface area contributed by atoms with Crippen molar-refractivity contribution in [2.45, 2.75) is 71.6 Å². The molecule has 0 N–H and O–H groups in total. The van der Waals surface area contributed by atoms with Crippen molar-refractivity contribution >= 4 is 11.6 Å². The highest BCUT2D eigenvalue weighted by molar-refractivity contribution is 5.93. The standard InChI is InChI=1S/C33H37NO2/c1-4-21-17-30-28-13-11-24-16-26(36)12-14-27(24)31(28)29(18-33(30,3)32(21)20(2)35)23-9-7-22(8-10-23)25-6-5-15-34-19-25/h5-10,15-16,19,21,28-30,32H,4,11-14,17-18H2,1-3H3/t21-,28?,29-,30?,32+,33+/m1/s1. The van der Waals surface area contributed by atoms with Crippen LogP contribution in [-0.2, 0) is 9.59 Å². The fourth-order valence-electron chi connectivity index (χ4n) is 8.78. The van der Waals surface area contributed by atoms with Gasteiger partial charge in [-0.05, 0) is 102 Å². The molecule has 3 nitrogen and oxygen atoms in total. The summed E-state index contributed by atoms with van der Waals surface area (Å²) in [7, 11) is 0. The van der Waals surface area contributed by atoms with Crippen LogP contribution in [0.4, 0.5) is 0 Å². The Balaban J connectivity index is 1.48. The molecule has 1 aromatic carbocycles. The second-order valence-corrected chi connectivity index (χ2v) is 11.9. The number of fused-ring (bicyclic) bond motifs is 4. The fourth-order valence-corrected chi connectivity index (χ4v) is 8.78. The van der Waals surface area contributed by atoms with E-state index in [1.165, 1.54) is 28.7 Å². The molecule has 0 aliphatic heterocycles. The third-order valence-corrected chi connectivity index (χ3v) is 10.2. The van der Waals surface area contributed by atoms with Gasteiger partial charge in [0.2, 0.25) is 0 Å². The first-order valence-corrected chi connectivity index (χ1v) is 13.9. The van der Waals surface area contributed by atoms with E-state index in [0.717, 1.165) is 37.7 Å². The smallest absolute Gasteiger partial charge is 0.156 e. The number of hydrogen-bond donors (Lipinski definition) is 0. The van der Waals surface area contributed by atoms with E-state index in [9.17, 15) is 9.59 Å². The molecule has 2 unspecified atom stereocenters. The van der Waals surface area contributed by atoms with E-state index >= 15 is 0 Å². The molecule has 0 amide bonds. The Kier molecular flexibility index (Phi) is 5.85. The summed E-state index contributed by atoms with van der Waals surface area (Å²) >= 11 is 0. The lowest BCUT2D eigenvalue weighted by molar-refractivity contribution is -0.126. The number of benzene rings is 1. The van der Waals surface area contributed by atoms with Crippen LogP contribution in [0, 0.1) is 29.1 Å². The molecule has 6 rings (SSSR count). The van der Waals surface area contributed by atoms with Crippen molar-refractivity contribution in [1.29, 1.82) is 0 Å². The molecule has 186 valence electrons. The van der Waals surface area contributed by atoms with Crippen molar-refractivity contribution in [2.24, 2.45) is 29.1 Å². The summed E-state index contributed by atoms with van der Waals surface area (Å²) in [4.78, 5) is 29.7. The Bertz CT molecular complexity index is 1250. The SMILES string of the molecule is CC[C@@H]1CC2C3CCC4=CC(=O)CCC4=C3[C@@H](c3ccc(-c4cccnc4)cc3)C[C@]2(C)[C@H]1C(C)=O. The lowest BCUT2D eigenvalue weighted by atomic mass is 9.51. The van der Waals surface area contributed by atoms with E-state index in [1.54, 1.807) is 5.57 Å². The monoisotopic (exact) mass is 479 g/mol. The van der Waals surface area contributed by atoms with Crippen molar-refractivity contribution in [3.63, 3.8) is 0 Å². The van der Waals surface area contributed by atoms with Crippen LogP contribution in [0.3, 0.4) is 0 Å². The molecule has 2 aromatic rings. The summed E-state index contributed by atoms with van der Waals surface area (Å²) in [6.07, 6.45) is 12.6. The number of carbonyl (C=O) groups is 2. The molecular weight excluding hydrogens is 442 g/mol. The Morgan fingerprint density at radius 3 is 2.58 bits per heavy atom. The third kappa shape index (κ3) is 3.66. The molecule has 2 fully saturated rings. The molecule has 0 spiro atoms. The van der Waals surface area contributed by atoms with E-state index in [-0.39, 0.29) is 17.1 Å². The average Bonchev–Trinajstić information content (AvgIpc) is 3.21. The van der Waals surface area contributed by atoms with Gasteiger partial charge in [-0.15, -0.1) is 0 Å². The summed E-state index contributed by atoms with van der Waals surface area (Å²) in [6, 6.07) is 13.2. The summed E-state index contributed by atoms with van der Waals surface area (Å²) < 4.78 is 0. The second kappa shape index (κ2) is 8.94. The van der Waals surface area contributed by atoms with Crippen molar-refractivity contribution in [3.05, 3.63) is 77.2 Å². The van der Waals surface area contributed by atoms with Gasteiger partial charge in [0, 0.05) is 30.7 Å². The zero-order chi connectivity index (χ0) is 25.0. The topological polar surface area (TPSA) is 47.0 Å². The van der Waals surface area contributed by atoms with Gasteiger partial charge in [0.15, 0.2) is 5.78 Å². The Labute approximate surface area is 215 Å². The minimum atomic E-state index is 0.0274. The first-order valence-electron chi connectivity index (χ1n) is 13.9. The molecule has 6 atom stereocenters. The van der Waals surface area contributed by atoms with E-state index in [1.807, 2.05) is 31.5 Å². The molecule has 4 aliphatic carbocycles. The van der Waals surface area contributed by atoms with Crippen molar-refractivity contribution in [2.75, 3.05) is 0 Å². The number of aromatic nitrogens is 1. The van der Waals surface area contributed by atoms with Gasteiger partial charge in [0.05, 0.1) is 0 Å². The molecule has 0 saturated heterocycles. The molecule has 2 saturated carbocycles. The number of rotatable bonds is 4. The summed E-state index contributed by atoms with van der Waals surface area (Å²) in [5.74, 6) is 2.70. The Morgan fingerprint density at radius 1 is 1.08 bits per heavy atom. The summed E-state index contributed by atoms with van der Waals surface area (Å²) in [5, 5.41) is 0. The van der Waals surface area contributed by atoms with Gasteiger partial charge >= 0.3 is 0 Å². The van der Waals surface area contributed by atoms with E-state index in [4.69, 9.17) is 0 Å². The molecule has 1 aromatic heterocycles. The number of allylic oxidation sites excluding steroid dienone is 4. The number of Topliss-reactive ketones (excluding diaryl/α,β-unsaturated/α-hetero) is 1. The van der Waals surface area contributed by atoms with Gasteiger partial charge in [-0.3, -0.25) is 14.6 Å². The second-order valence-electron chi connectivity index (χ2n) is 11.9. The molecule has 4 aliphatic rings. The Morgan fingerprint density at radius 2 is 1.89 bits per heavy atom. The quantitative estimate of drug-likeness (QED) is 0.456. The zero-order valence-corrected chi connectivity index (χ0v) is 21.8. The van der Waals surface area contributed by atoms with Gasteiger partial charge in [0.1, 0.15) is 5.78 Å². The number of pyridine rings is 1. The highest BCUT2D eigenvalue weighted by atomic mass is 16.1. The van der Waals surface area contributed by atoms with Crippen LogP contribution in [0.25, 0.3) is 11.1 Å². The molecule has 1 heterocycles. The lowest BCUT2D eigenvalue weighted by Gasteiger charge is -2.52. The number of ketones is 2. The van der Waals surface area contributed by atoms with Gasteiger partial charge < -0.3 is 0 Å². The maximum absolute atomic E-state index is 13.1. The maximum atomic E-state index is 13.1. The van der Waals surface area contributed by atoms with Crippen molar-refractivity contribution in [3.8, 4) is 11.1 Å². The molecule has 36 heavy (non-hydrogen) atoms. The number of nitrogens with zero attached hydrogens (tertiary/aromatic N) is 1.